The van der Waals surface area contributed by atoms with Crippen LogP contribution in [0.4, 0.5) is 0 Å². The Morgan fingerprint density at radius 1 is 1.32 bits per heavy atom. The molecule has 1 aliphatic rings. The number of nitrogens with one attached hydrogen (secondary N) is 2. The summed E-state index contributed by atoms with van der Waals surface area (Å²) in [6.07, 6.45) is 1.08. The van der Waals surface area contributed by atoms with Gasteiger partial charge in [-0.05, 0) is 48.2 Å². The lowest BCUT2D eigenvalue weighted by atomic mass is 10.1. The molecule has 2 heterocycles. The van der Waals surface area contributed by atoms with E-state index >= 15 is 0 Å². The van der Waals surface area contributed by atoms with Gasteiger partial charge >= 0.3 is 0 Å². The van der Waals surface area contributed by atoms with Crippen molar-refractivity contribution in [2.45, 2.75) is 31.7 Å². The number of rotatable bonds is 4. The average molecular weight is 336 g/mol. The van der Waals surface area contributed by atoms with E-state index in [2.05, 4.69) is 16.1 Å². The summed E-state index contributed by atoms with van der Waals surface area (Å²) in [4.78, 5) is 3.00. The van der Waals surface area contributed by atoms with Crippen LogP contribution in [0.3, 0.4) is 0 Å². The highest BCUT2D eigenvalue weighted by molar-refractivity contribution is 7.89. The summed E-state index contributed by atoms with van der Waals surface area (Å²) in [6.45, 7) is 6.11. The zero-order valence-corrected chi connectivity index (χ0v) is 14.4. The molecule has 3 rings (SSSR count). The highest BCUT2D eigenvalue weighted by atomic mass is 32.2. The van der Waals surface area contributed by atoms with Gasteiger partial charge in [0.05, 0.1) is 4.90 Å². The molecule has 1 aromatic carbocycles. The quantitative estimate of drug-likeness (QED) is 0.902. The van der Waals surface area contributed by atoms with E-state index < -0.39 is 10.0 Å². The second kappa shape index (κ2) is 6.12. The van der Waals surface area contributed by atoms with Gasteiger partial charge in [-0.15, -0.1) is 11.3 Å². The number of thiophene rings is 1. The van der Waals surface area contributed by atoms with Crippen molar-refractivity contribution in [3.05, 3.63) is 40.3 Å². The van der Waals surface area contributed by atoms with Crippen LogP contribution < -0.4 is 10.0 Å². The number of fused-ring (bicyclic) bond motifs is 1. The number of hydrogen-bond acceptors (Lipinski definition) is 4. The Morgan fingerprint density at radius 2 is 2.14 bits per heavy atom. The fraction of sp³-hybridized carbons (Fsp3) is 0.375. The molecule has 0 radical (unpaired) electrons. The van der Waals surface area contributed by atoms with Crippen LogP contribution in [0.5, 0.6) is 0 Å². The molecule has 6 heteroatoms. The molecule has 0 unspecified atom stereocenters. The van der Waals surface area contributed by atoms with Crippen LogP contribution in [-0.2, 0) is 23.0 Å². The maximum Gasteiger partial charge on any atom is 0.240 e. The minimum atomic E-state index is -3.39. The van der Waals surface area contributed by atoms with Gasteiger partial charge in [0, 0.05) is 29.4 Å². The number of sulfonamides is 1. The summed E-state index contributed by atoms with van der Waals surface area (Å²) < 4.78 is 26.7. The molecule has 2 aromatic rings. The zero-order valence-electron chi connectivity index (χ0n) is 12.8. The Kier molecular flexibility index (Phi) is 4.36. The maximum atomic E-state index is 12.1. The first-order valence-corrected chi connectivity index (χ1v) is 9.74. The van der Waals surface area contributed by atoms with Crippen molar-refractivity contribution in [1.29, 1.82) is 0 Å². The Morgan fingerprint density at radius 3 is 2.82 bits per heavy atom. The number of benzene rings is 1. The summed E-state index contributed by atoms with van der Waals surface area (Å²) in [5.74, 6) is 0. The molecule has 0 aliphatic carbocycles. The summed E-state index contributed by atoms with van der Waals surface area (Å²) in [5.41, 5.74) is 3.48. The second-order valence-electron chi connectivity index (χ2n) is 5.46. The largest absolute Gasteiger partial charge is 0.312 e. The molecule has 0 saturated carbocycles. The van der Waals surface area contributed by atoms with Gasteiger partial charge in [-0.2, -0.15) is 0 Å². The van der Waals surface area contributed by atoms with Gasteiger partial charge in [0.2, 0.25) is 10.0 Å². The van der Waals surface area contributed by atoms with Gasteiger partial charge < -0.3 is 5.32 Å². The fourth-order valence-electron chi connectivity index (χ4n) is 2.74. The van der Waals surface area contributed by atoms with Gasteiger partial charge in [0.1, 0.15) is 0 Å². The fourth-order valence-corrected chi connectivity index (χ4v) is 5.14. The minimum absolute atomic E-state index is 0.332. The SMILES string of the molecule is CCNS(=O)(=O)c1ccc(-c2cc3c(s2)CCNC3)c(C)c1. The lowest BCUT2D eigenvalue weighted by molar-refractivity contribution is 0.584. The van der Waals surface area contributed by atoms with Crippen LogP contribution in [-0.4, -0.2) is 21.5 Å². The van der Waals surface area contributed by atoms with Crippen LogP contribution in [0.2, 0.25) is 0 Å². The molecule has 22 heavy (non-hydrogen) atoms. The first-order chi connectivity index (χ1) is 10.5. The zero-order chi connectivity index (χ0) is 15.7. The predicted molar refractivity (Wildman–Crippen MR) is 90.8 cm³/mol. The Hall–Kier alpha value is -1.21. The number of hydrogen-bond donors (Lipinski definition) is 2. The topological polar surface area (TPSA) is 58.2 Å². The molecular weight excluding hydrogens is 316 g/mol. The molecule has 0 amide bonds. The third kappa shape index (κ3) is 2.96. The molecule has 1 aliphatic heterocycles. The highest BCUT2D eigenvalue weighted by Gasteiger charge is 2.17. The summed E-state index contributed by atoms with van der Waals surface area (Å²) in [5, 5.41) is 3.38. The molecular formula is C16H20N2O2S2. The van der Waals surface area contributed by atoms with E-state index in [0.717, 1.165) is 30.6 Å². The lowest BCUT2D eigenvalue weighted by Crippen LogP contribution is -2.23. The summed E-state index contributed by atoms with van der Waals surface area (Å²) in [6, 6.07) is 7.60. The van der Waals surface area contributed by atoms with E-state index in [1.807, 2.05) is 24.3 Å². The molecule has 0 fully saturated rings. The van der Waals surface area contributed by atoms with Crippen LogP contribution >= 0.6 is 11.3 Å². The van der Waals surface area contributed by atoms with Crippen LogP contribution in [0.1, 0.15) is 22.9 Å². The highest BCUT2D eigenvalue weighted by Crippen LogP contribution is 2.35. The minimum Gasteiger partial charge on any atom is -0.312 e. The second-order valence-corrected chi connectivity index (χ2v) is 8.37. The molecule has 4 nitrogen and oxygen atoms in total. The van der Waals surface area contributed by atoms with Crippen molar-refractivity contribution in [3.63, 3.8) is 0 Å². The smallest absolute Gasteiger partial charge is 0.240 e. The first kappa shape index (κ1) is 15.7. The number of aryl methyl sites for hydroxylation is 1. The maximum absolute atomic E-state index is 12.1. The van der Waals surface area contributed by atoms with Crippen LogP contribution in [0.25, 0.3) is 10.4 Å². The van der Waals surface area contributed by atoms with Gasteiger partial charge in [-0.1, -0.05) is 13.0 Å². The molecule has 0 bridgehead atoms. The molecule has 2 N–H and O–H groups in total. The van der Waals surface area contributed by atoms with Crippen molar-refractivity contribution in [3.8, 4) is 10.4 Å². The Bertz CT molecular complexity index is 771. The Labute approximate surface area is 135 Å². The third-order valence-electron chi connectivity index (χ3n) is 3.85. The van der Waals surface area contributed by atoms with Gasteiger partial charge in [0.25, 0.3) is 0 Å². The normalized spacial score (nSPS) is 14.8. The lowest BCUT2D eigenvalue weighted by Gasteiger charge is -2.10. The standard InChI is InChI=1S/C16H20N2O2S2/c1-3-18-22(19,20)13-4-5-14(11(2)8-13)16-9-12-10-17-7-6-15(12)21-16/h4-5,8-9,17-18H,3,6-7,10H2,1-2H3. The molecule has 118 valence electrons. The van der Waals surface area contributed by atoms with Gasteiger partial charge in [-0.3, -0.25) is 0 Å². The van der Waals surface area contributed by atoms with Crippen molar-refractivity contribution in [2.75, 3.05) is 13.1 Å². The van der Waals surface area contributed by atoms with Crippen molar-refractivity contribution in [2.24, 2.45) is 0 Å². The Balaban J connectivity index is 1.97. The summed E-state index contributed by atoms with van der Waals surface area (Å²) >= 11 is 1.82. The average Bonchev–Trinajstić information content (AvgIpc) is 2.90. The van der Waals surface area contributed by atoms with E-state index in [-0.39, 0.29) is 0 Å². The monoisotopic (exact) mass is 336 g/mol. The van der Waals surface area contributed by atoms with E-state index in [1.165, 1.54) is 15.3 Å². The van der Waals surface area contributed by atoms with Crippen LogP contribution in [0.15, 0.2) is 29.2 Å². The van der Waals surface area contributed by atoms with E-state index in [0.29, 0.717) is 11.4 Å². The third-order valence-corrected chi connectivity index (χ3v) is 6.66. The van der Waals surface area contributed by atoms with Crippen molar-refractivity contribution >= 4 is 21.4 Å². The molecule has 1 aromatic heterocycles. The van der Waals surface area contributed by atoms with E-state index in [4.69, 9.17) is 0 Å². The predicted octanol–water partition coefficient (Wildman–Crippen LogP) is 2.67. The summed E-state index contributed by atoms with van der Waals surface area (Å²) in [7, 11) is -3.39. The van der Waals surface area contributed by atoms with Gasteiger partial charge in [-0.25, -0.2) is 13.1 Å². The van der Waals surface area contributed by atoms with E-state index in [1.54, 1.807) is 19.1 Å². The first-order valence-electron chi connectivity index (χ1n) is 7.44. The molecule has 0 saturated heterocycles. The van der Waals surface area contributed by atoms with Crippen molar-refractivity contribution in [1.82, 2.24) is 10.0 Å². The van der Waals surface area contributed by atoms with Crippen LogP contribution in [0, 0.1) is 6.92 Å². The van der Waals surface area contributed by atoms with E-state index in [9.17, 15) is 8.42 Å². The molecule has 0 spiro atoms. The molecule has 0 atom stereocenters. The van der Waals surface area contributed by atoms with Crippen molar-refractivity contribution < 1.29 is 8.42 Å². The van der Waals surface area contributed by atoms with Gasteiger partial charge in [0.15, 0.2) is 0 Å².